The largest absolute Gasteiger partial charge is 0.354 e. The smallest absolute Gasteiger partial charge is 0.230 e. The third kappa shape index (κ3) is 13.3. The van der Waals surface area contributed by atoms with Gasteiger partial charge in [-0.15, -0.1) is 0 Å². The fourth-order valence-electron chi connectivity index (χ4n) is 10.6. The average molecular weight is 807 g/mol. The number of nitrogens with one attached hydrogen (secondary N) is 4. The average Bonchev–Trinajstić information content (AvgIpc) is 3.15. The zero-order valence-corrected chi connectivity index (χ0v) is 39.6. The van der Waals surface area contributed by atoms with Crippen LogP contribution in [0.25, 0.3) is 0 Å². The van der Waals surface area contributed by atoms with Crippen molar-refractivity contribution >= 4 is 23.8 Å². The van der Waals surface area contributed by atoms with Crippen LogP contribution in [-0.4, -0.2) is 90.3 Å². The molecule has 0 spiro atoms. The minimum absolute atomic E-state index is 0.0124. The molecule has 2 aromatic rings. The standard InChI is InChI=1S/C46H86N12/c1-15-45(16-2,17-3)31-47-37-49-33-51-39(53-37)57(35-27-41(7,8)55-42(9,10)28-35)25-23-21-22-24-26-58(36-29-43(11,12)56-44(13,14)30-36)40-52-34-50-38(54-40)48-32-46(18-4,19-5)20-6/h33-36,55-56H,15-32H2,1-14H3,(H,47,49,51,53)(H,48,50,52,54). The Morgan fingerprint density at radius 3 is 1.12 bits per heavy atom. The highest BCUT2D eigenvalue weighted by atomic mass is 15.3. The van der Waals surface area contributed by atoms with Crippen LogP contribution in [0.15, 0.2) is 12.7 Å². The van der Waals surface area contributed by atoms with Crippen molar-refractivity contribution in [3.8, 4) is 0 Å². The van der Waals surface area contributed by atoms with Gasteiger partial charge in [0, 0.05) is 60.4 Å². The predicted octanol–water partition coefficient (Wildman–Crippen LogP) is 9.81. The number of hydrogen-bond donors (Lipinski definition) is 4. The van der Waals surface area contributed by atoms with Crippen LogP contribution >= 0.6 is 0 Å². The van der Waals surface area contributed by atoms with Gasteiger partial charge in [0.15, 0.2) is 0 Å². The Morgan fingerprint density at radius 2 is 0.828 bits per heavy atom. The lowest BCUT2D eigenvalue weighted by molar-refractivity contribution is 0.156. The first-order chi connectivity index (χ1) is 27.3. The Morgan fingerprint density at radius 1 is 0.517 bits per heavy atom. The third-order valence-electron chi connectivity index (χ3n) is 14.1. The van der Waals surface area contributed by atoms with Crippen LogP contribution in [0.2, 0.25) is 0 Å². The molecule has 4 heterocycles. The van der Waals surface area contributed by atoms with E-state index in [9.17, 15) is 0 Å². The van der Waals surface area contributed by atoms with Crippen LogP contribution in [0.1, 0.15) is 187 Å². The van der Waals surface area contributed by atoms with E-state index in [0.717, 1.165) is 128 Å². The minimum Gasteiger partial charge on any atom is -0.354 e. The molecule has 0 unspecified atom stereocenters. The maximum absolute atomic E-state index is 5.08. The van der Waals surface area contributed by atoms with Crippen LogP contribution < -0.4 is 31.1 Å². The maximum Gasteiger partial charge on any atom is 0.230 e. The van der Waals surface area contributed by atoms with Gasteiger partial charge in [0.25, 0.3) is 0 Å². The molecule has 4 rings (SSSR count). The SMILES string of the molecule is CCC(CC)(CC)CNc1ncnc(N(CCCCCCN(c2ncnc(NCC(CC)(CC)CC)n2)C2CC(C)(C)NC(C)(C)C2)C2CC(C)(C)NC(C)(C)C2)n1. The van der Waals surface area contributed by atoms with Gasteiger partial charge < -0.3 is 31.1 Å². The maximum atomic E-state index is 5.08. The molecular weight excluding hydrogens is 721 g/mol. The monoisotopic (exact) mass is 807 g/mol. The van der Waals surface area contributed by atoms with E-state index in [-0.39, 0.29) is 33.0 Å². The van der Waals surface area contributed by atoms with E-state index in [0.29, 0.717) is 24.0 Å². The number of nitrogens with zero attached hydrogens (tertiary/aromatic N) is 8. The Bertz CT molecular complexity index is 1370. The molecule has 0 radical (unpaired) electrons. The molecule has 0 bridgehead atoms. The Hall–Kier alpha value is -2.86. The van der Waals surface area contributed by atoms with Crippen LogP contribution in [0.5, 0.6) is 0 Å². The zero-order valence-electron chi connectivity index (χ0n) is 39.6. The lowest BCUT2D eigenvalue weighted by Gasteiger charge is -2.49. The van der Waals surface area contributed by atoms with Crippen molar-refractivity contribution < 1.29 is 0 Å². The van der Waals surface area contributed by atoms with Crippen molar-refractivity contribution in [1.82, 2.24) is 40.5 Å². The summed E-state index contributed by atoms with van der Waals surface area (Å²) >= 11 is 0. The number of unbranched alkanes of at least 4 members (excludes halogenated alkanes) is 3. The molecule has 2 aliphatic rings. The number of piperidine rings is 2. The molecule has 2 aromatic heterocycles. The van der Waals surface area contributed by atoms with Gasteiger partial charge in [-0.05, 0) is 143 Å². The van der Waals surface area contributed by atoms with Crippen molar-refractivity contribution in [2.45, 2.75) is 221 Å². The topological polar surface area (TPSA) is 132 Å². The first-order valence-electron chi connectivity index (χ1n) is 23.2. The molecular formula is C46H86N12. The second-order valence-corrected chi connectivity index (χ2v) is 20.8. The number of anilines is 4. The summed E-state index contributed by atoms with van der Waals surface area (Å²) in [7, 11) is 0. The number of rotatable bonds is 23. The van der Waals surface area contributed by atoms with Gasteiger partial charge in [0.1, 0.15) is 12.7 Å². The summed E-state index contributed by atoms with van der Waals surface area (Å²) in [5.74, 6) is 2.95. The summed E-state index contributed by atoms with van der Waals surface area (Å²) < 4.78 is 0. The van der Waals surface area contributed by atoms with Gasteiger partial charge in [-0.3, -0.25) is 0 Å². The quantitative estimate of drug-likeness (QED) is 0.0798. The first-order valence-corrected chi connectivity index (χ1v) is 23.2. The van der Waals surface area contributed by atoms with Gasteiger partial charge in [-0.2, -0.15) is 9.97 Å². The van der Waals surface area contributed by atoms with E-state index in [4.69, 9.17) is 19.9 Å². The van der Waals surface area contributed by atoms with Crippen LogP contribution in [0.3, 0.4) is 0 Å². The van der Waals surface area contributed by atoms with E-state index in [2.05, 4.69) is 138 Å². The summed E-state index contributed by atoms with van der Waals surface area (Å²) in [5.41, 5.74) is 0.548. The summed E-state index contributed by atoms with van der Waals surface area (Å²) in [6, 6.07) is 0.654. The van der Waals surface area contributed by atoms with Crippen LogP contribution in [0.4, 0.5) is 23.8 Å². The summed E-state index contributed by atoms with van der Waals surface area (Å²) in [4.78, 5) is 34.0. The fraction of sp³-hybridized carbons (Fsp3) is 0.870. The second-order valence-electron chi connectivity index (χ2n) is 20.8. The Kier molecular flexibility index (Phi) is 16.6. The van der Waals surface area contributed by atoms with E-state index in [1.807, 2.05) is 0 Å². The molecule has 2 aliphatic heterocycles. The zero-order chi connectivity index (χ0) is 42.8. The highest BCUT2D eigenvalue weighted by molar-refractivity contribution is 5.39. The number of hydrogen-bond acceptors (Lipinski definition) is 12. The summed E-state index contributed by atoms with van der Waals surface area (Å²) in [6.45, 7) is 36.0. The molecule has 12 heteroatoms. The molecule has 0 atom stereocenters. The summed E-state index contributed by atoms with van der Waals surface area (Å²) in [5, 5.41) is 15.0. The molecule has 58 heavy (non-hydrogen) atoms. The van der Waals surface area contributed by atoms with Crippen molar-refractivity contribution in [3.05, 3.63) is 12.7 Å². The fourth-order valence-corrected chi connectivity index (χ4v) is 10.6. The molecule has 12 nitrogen and oxygen atoms in total. The molecule has 0 aromatic carbocycles. The van der Waals surface area contributed by atoms with Crippen LogP contribution in [-0.2, 0) is 0 Å². The van der Waals surface area contributed by atoms with Crippen molar-refractivity contribution in [3.63, 3.8) is 0 Å². The molecule has 0 amide bonds. The van der Waals surface area contributed by atoms with Gasteiger partial charge in [0.2, 0.25) is 23.8 Å². The van der Waals surface area contributed by atoms with Crippen LogP contribution in [0, 0.1) is 10.8 Å². The molecule has 0 aliphatic carbocycles. The number of aromatic nitrogens is 6. The molecule has 2 fully saturated rings. The van der Waals surface area contributed by atoms with Crippen molar-refractivity contribution in [2.24, 2.45) is 10.8 Å². The highest BCUT2D eigenvalue weighted by Crippen LogP contribution is 2.36. The van der Waals surface area contributed by atoms with Crippen molar-refractivity contribution in [2.75, 3.05) is 46.6 Å². The van der Waals surface area contributed by atoms with E-state index in [1.165, 1.54) is 0 Å². The first kappa shape index (κ1) is 47.8. The predicted molar refractivity (Wildman–Crippen MR) is 245 cm³/mol. The van der Waals surface area contributed by atoms with E-state index >= 15 is 0 Å². The van der Waals surface area contributed by atoms with Gasteiger partial charge >= 0.3 is 0 Å². The van der Waals surface area contributed by atoms with Gasteiger partial charge in [0.05, 0.1) is 0 Å². The molecule has 330 valence electrons. The van der Waals surface area contributed by atoms with Gasteiger partial charge in [-0.1, -0.05) is 54.4 Å². The lowest BCUT2D eigenvalue weighted by Crippen LogP contribution is -2.62. The highest BCUT2D eigenvalue weighted by Gasteiger charge is 2.42. The van der Waals surface area contributed by atoms with Gasteiger partial charge in [-0.25, -0.2) is 19.9 Å². The van der Waals surface area contributed by atoms with E-state index < -0.39 is 0 Å². The summed E-state index contributed by atoms with van der Waals surface area (Å²) in [6.07, 6.45) is 18.7. The normalized spacial score (nSPS) is 19.5. The molecule has 2 saturated heterocycles. The van der Waals surface area contributed by atoms with E-state index in [1.54, 1.807) is 12.7 Å². The lowest BCUT2D eigenvalue weighted by atomic mass is 9.79. The minimum atomic E-state index is 0.0124. The van der Waals surface area contributed by atoms with Crippen molar-refractivity contribution in [1.29, 1.82) is 0 Å². The molecule has 0 saturated carbocycles. The Balaban J connectivity index is 1.49. The second kappa shape index (κ2) is 20.1. The third-order valence-corrected chi connectivity index (χ3v) is 14.1. The molecule has 4 N–H and O–H groups in total. The Labute approximate surface area is 354 Å².